The quantitative estimate of drug-likeness (QED) is 0.296. The Morgan fingerprint density at radius 3 is 2.15 bits per heavy atom. The molecular weight excluding hydrogens is 450 g/mol. The van der Waals surface area contributed by atoms with Gasteiger partial charge in [-0.15, -0.1) is 0 Å². The van der Waals surface area contributed by atoms with Gasteiger partial charge in [0.15, 0.2) is 5.11 Å². The Bertz CT molecular complexity index is 1100. The highest BCUT2D eigenvalue weighted by Gasteiger charge is 2.10. The second-order valence-corrected chi connectivity index (χ2v) is 7.69. The third-order valence-electron chi connectivity index (χ3n) is 4.63. The van der Waals surface area contributed by atoms with Crippen LogP contribution < -0.4 is 25.4 Å². The van der Waals surface area contributed by atoms with E-state index in [1.165, 1.54) is 0 Å². The number of para-hydroxylation sites is 1. The van der Waals surface area contributed by atoms with Gasteiger partial charge in [-0.3, -0.25) is 14.9 Å². The zero-order valence-electron chi connectivity index (χ0n) is 18.9. The molecule has 0 fully saturated rings. The third-order valence-corrected chi connectivity index (χ3v) is 4.83. The Morgan fingerprint density at radius 2 is 1.47 bits per heavy atom. The van der Waals surface area contributed by atoms with Crippen molar-refractivity contribution < 1.29 is 19.1 Å². The molecule has 0 aliphatic carbocycles. The molecule has 0 aromatic heterocycles. The van der Waals surface area contributed by atoms with Crippen LogP contribution in [-0.4, -0.2) is 36.7 Å². The summed E-state index contributed by atoms with van der Waals surface area (Å²) in [4.78, 5) is 24.6. The van der Waals surface area contributed by atoms with Gasteiger partial charge in [-0.25, -0.2) is 0 Å². The van der Waals surface area contributed by atoms with Gasteiger partial charge in [0.1, 0.15) is 24.7 Å². The molecule has 0 heterocycles. The first-order valence-corrected chi connectivity index (χ1v) is 11.4. The van der Waals surface area contributed by atoms with E-state index < -0.39 is 0 Å². The molecular formula is C26H27N3O4S. The van der Waals surface area contributed by atoms with Gasteiger partial charge in [-0.05, 0) is 73.2 Å². The molecule has 7 nitrogen and oxygen atoms in total. The second-order valence-electron chi connectivity index (χ2n) is 7.28. The molecule has 3 aromatic carbocycles. The van der Waals surface area contributed by atoms with Crippen molar-refractivity contribution in [3.8, 4) is 11.5 Å². The minimum Gasteiger partial charge on any atom is -0.490 e. The normalized spacial score (nSPS) is 10.1. The Hall–Kier alpha value is -3.91. The summed E-state index contributed by atoms with van der Waals surface area (Å²) in [5, 5.41) is 8.53. The molecule has 0 atom stereocenters. The maximum Gasteiger partial charge on any atom is 0.257 e. The molecule has 0 bridgehead atoms. The van der Waals surface area contributed by atoms with Gasteiger partial charge in [-0.1, -0.05) is 31.2 Å². The molecule has 3 aromatic rings. The van der Waals surface area contributed by atoms with Crippen molar-refractivity contribution in [2.24, 2.45) is 0 Å². The maximum atomic E-state index is 12.5. The lowest BCUT2D eigenvalue weighted by molar-refractivity contribution is 0.0951. The van der Waals surface area contributed by atoms with Crippen molar-refractivity contribution in [2.45, 2.75) is 13.3 Å². The SMILES string of the molecule is CCCNC(=O)c1cccc(NC(=S)NC(=O)c2ccc(OCCOc3ccccc3)cc2)c1. The number of benzene rings is 3. The molecule has 176 valence electrons. The average Bonchev–Trinajstić information content (AvgIpc) is 2.86. The monoisotopic (exact) mass is 477 g/mol. The smallest absolute Gasteiger partial charge is 0.257 e. The van der Waals surface area contributed by atoms with Gasteiger partial charge in [0.2, 0.25) is 0 Å². The number of anilines is 1. The number of nitrogens with one attached hydrogen (secondary N) is 3. The largest absolute Gasteiger partial charge is 0.490 e. The van der Waals surface area contributed by atoms with E-state index in [9.17, 15) is 9.59 Å². The fourth-order valence-electron chi connectivity index (χ4n) is 2.95. The van der Waals surface area contributed by atoms with E-state index in [-0.39, 0.29) is 16.9 Å². The number of carbonyl (C=O) groups is 2. The Labute approximate surface area is 204 Å². The molecule has 0 radical (unpaired) electrons. The summed E-state index contributed by atoms with van der Waals surface area (Å²) in [5.41, 5.74) is 1.55. The number of amides is 2. The van der Waals surface area contributed by atoms with E-state index in [0.717, 1.165) is 12.2 Å². The number of hydrogen-bond acceptors (Lipinski definition) is 5. The lowest BCUT2D eigenvalue weighted by Gasteiger charge is -2.11. The number of carbonyl (C=O) groups excluding carboxylic acids is 2. The van der Waals surface area contributed by atoms with E-state index in [1.807, 2.05) is 37.3 Å². The summed E-state index contributed by atoms with van der Waals surface area (Å²) in [6, 6.07) is 23.2. The Kier molecular flexibility index (Phi) is 9.42. The van der Waals surface area contributed by atoms with Crippen LogP contribution in [0.2, 0.25) is 0 Å². The van der Waals surface area contributed by atoms with Crippen LogP contribution in [0.25, 0.3) is 0 Å². The fraction of sp³-hybridized carbons (Fsp3) is 0.192. The van der Waals surface area contributed by atoms with Gasteiger partial charge < -0.3 is 20.1 Å². The van der Waals surface area contributed by atoms with Gasteiger partial charge in [0.25, 0.3) is 11.8 Å². The molecule has 2 amide bonds. The molecule has 34 heavy (non-hydrogen) atoms. The molecule has 3 rings (SSSR count). The first-order chi connectivity index (χ1) is 16.5. The van der Waals surface area contributed by atoms with E-state index >= 15 is 0 Å². The summed E-state index contributed by atoms with van der Waals surface area (Å²) in [7, 11) is 0. The van der Waals surface area contributed by atoms with Crippen LogP contribution in [0.15, 0.2) is 78.9 Å². The van der Waals surface area contributed by atoms with Gasteiger partial charge in [0, 0.05) is 23.4 Å². The van der Waals surface area contributed by atoms with E-state index in [4.69, 9.17) is 21.7 Å². The lowest BCUT2D eigenvalue weighted by Crippen LogP contribution is -2.34. The molecule has 0 unspecified atom stereocenters. The molecule has 8 heteroatoms. The van der Waals surface area contributed by atoms with Crippen LogP contribution in [-0.2, 0) is 0 Å². The summed E-state index contributed by atoms with van der Waals surface area (Å²) >= 11 is 5.25. The van der Waals surface area contributed by atoms with Crippen molar-refractivity contribution in [1.82, 2.24) is 10.6 Å². The number of thiocarbonyl (C=S) groups is 1. The predicted octanol–water partition coefficient (Wildman–Crippen LogP) is 4.41. The molecule has 0 aliphatic rings. The summed E-state index contributed by atoms with van der Waals surface area (Å²) in [6.45, 7) is 3.38. The van der Waals surface area contributed by atoms with Gasteiger partial charge in [0.05, 0.1) is 0 Å². The molecule has 3 N–H and O–H groups in total. The predicted molar refractivity (Wildman–Crippen MR) is 137 cm³/mol. The van der Waals surface area contributed by atoms with Crippen LogP contribution in [0.4, 0.5) is 5.69 Å². The van der Waals surface area contributed by atoms with E-state index in [1.54, 1.807) is 48.5 Å². The zero-order chi connectivity index (χ0) is 24.2. The minimum absolute atomic E-state index is 0.134. The summed E-state index contributed by atoms with van der Waals surface area (Å²) < 4.78 is 11.2. The van der Waals surface area contributed by atoms with Crippen molar-refractivity contribution in [2.75, 3.05) is 25.1 Å². The van der Waals surface area contributed by atoms with Crippen LogP contribution in [0.1, 0.15) is 34.1 Å². The van der Waals surface area contributed by atoms with Crippen molar-refractivity contribution in [1.29, 1.82) is 0 Å². The topological polar surface area (TPSA) is 88.7 Å². The molecule has 0 spiro atoms. The number of ether oxygens (including phenoxy) is 2. The summed E-state index contributed by atoms with van der Waals surface area (Å²) in [5.74, 6) is 0.906. The van der Waals surface area contributed by atoms with Gasteiger partial charge in [-0.2, -0.15) is 0 Å². The van der Waals surface area contributed by atoms with Crippen LogP contribution >= 0.6 is 12.2 Å². The van der Waals surface area contributed by atoms with Gasteiger partial charge >= 0.3 is 0 Å². The second kappa shape index (κ2) is 13.0. The molecule has 0 saturated carbocycles. The van der Waals surface area contributed by atoms with Crippen molar-refractivity contribution in [3.05, 3.63) is 90.0 Å². The minimum atomic E-state index is -0.353. The highest BCUT2D eigenvalue weighted by molar-refractivity contribution is 7.80. The van der Waals surface area contributed by atoms with Crippen molar-refractivity contribution >= 4 is 34.8 Å². The fourth-order valence-corrected chi connectivity index (χ4v) is 3.17. The van der Waals surface area contributed by atoms with Crippen LogP contribution in [0, 0.1) is 0 Å². The summed E-state index contributed by atoms with van der Waals surface area (Å²) in [6.07, 6.45) is 0.857. The number of hydrogen-bond donors (Lipinski definition) is 3. The van der Waals surface area contributed by atoms with E-state index in [2.05, 4.69) is 16.0 Å². The first-order valence-electron chi connectivity index (χ1n) is 11.0. The van der Waals surface area contributed by atoms with Crippen LogP contribution in [0.3, 0.4) is 0 Å². The maximum absolute atomic E-state index is 12.5. The first kappa shape index (κ1) is 24.7. The standard InChI is InChI=1S/C26H27N3O4S/c1-2-15-27-24(30)20-7-6-8-21(18-20)28-26(34)29-25(31)19-11-13-23(14-12-19)33-17-16-32-22-9-4-3-5-10-22/h3-14,18H,2,15-17H2,1H3,(H,27,30)(H2,28,29,31,34). The third kappa shape index (κ3) is 7.90. The average molecular weight is 478 g/mol. The van der Waals surface area contributed by atoms with Crippen LogP contribution in [0.5, 0.6) is 11.5 Å². The number of rotatable bonds is 10. The molecule has 0 saturated heterocycles. The highest BCUT2D eigenvalue weighted by atomic mass is 32.1. The Morgan fingerprint density at radius 1 is 0.794 bits per heavy atom. The lowest BCUT2D eigenvalue weighted by atomic mass is 10.2. The Balaban J connectivity index is 1.45. The molecule has 0 aliphatic heterocycles. The highest BCUT2D eigenvalue weighted by Crippen LogP contribution is 2.14. The van der Waals surface area contributed by atoms with E-state index in [0.29, 0.717) is 42.3 Å². The van der Waals surface area contributed by atoms with Crippen molar-refractivity contribution in [3.63, 3.8) is 0 Å². The zero-order valence-corrected chi connectivity index (χ0v) is 19.7.